The number of aromatic amines is 1. The molecule has 0 fully saturated rings. The number of benzene rings is 2. The van der Waals surface area contributed by atoms with Crippen LogP contribution in [-0.2, 0) is 6.42 Å². The van der Waals surface area contributed by atoms with Gasteiger partial charge in [-0.1, -0.05) is 37.3 Å². The minimum Gasteiger partial charge on any atom is -0.506 e. The van der Waals surface area contributed by atoms with Crippen LogP contribution >= 0.6 is 0 Å². The minimum atomic E-state index is -0.736. The smallest absolute Gasteiger partial charge is 0.248 e. The Hall–Kier alpha value is -2.63. The maximum atomic E-state index is 11.5. The molecule has 3 atom stereocenters. The van der Waals surface area contributed by atoms with E-state index in [0.717, 1.165) is 6.42 Å². The number of aromatic nitrogens is 1. The third kappa shape index (κ3) is 2.89. The first-order valence-corrected chi connectivity index (χ1v) is 8.88. The molecule has 0 bridgehead atoms. The van der Waals surface area contributed by atoms with Gasteiger partial charge < -0.3 is 20.5 Å². The number of fused-ring (bicyclic) bond motifs is 2. The number of aliphatic hydroxyl groups excluding tert-OH is 1. The molecule has 3 aromatic rings. The summed E-state index contributed by atoms with van der Waals surface area (Å²) in [4.78, 5) is 14.2. The summed E-state index contributed by atoms with van der Waals surface area (Å²) in [6, 6.07) is 15.0. The van der Waals surface area contributed by atoms with E-state index in [2.05, 4.69) is 41.5 Å². The summed E-state index contributed by atoms with van der Waals surface area (Å²) in [5.41, 5.74) is 3.49. The fourth-order valence-corrected chi connectivity index (χ4v) is 3.97. The van der Waals surface area contributed by atoms with Gasteiger partial charge in [0, 0.05) is 24.0 Å². The number of aliphatic hydroxyl groups is 1. The van der Waals surface area contributed by atoms with Gasteiger partial charge in [0.15, 0.2) is 0 Å². The fourth-order valence-electron chi connectivity index (χ4n) is 3.97. The Bertz CT molecular complexity index is 1010. The van der Waals surface area contributed by atoms with Crippen LogP contribution in [0.15, 0.2) is 53.3 Å². The van der Waals surface area contributed by atoms with Gasteiger partial charge in [-0.2, -0.15) is 0 Å². The van der Waals surface area contributed by atoms with E-state index in [1.54, 1.807) is 12.1 Å². The molecular formula is C21H22N2O3. The second-order valence-corrected chi connectivity index (χ2v) is 7.01. The number of aromatic hydroxyl groups is 1. The maximum absolute atomic E-state index is 11.5. The van der Waals surface area contributed by atoms with E-state index >= 15 is 0 Å². The van der Waals surface area contributed by atoms with Crippen molar-refractivity contribution in [3.8, 4) is 5.75 Å². The van der Waals surface area contributed by atoms with E-state index in [1.807, 2.05) is 0 Å². The molecule has 1 aliphatic rings. The molecule has 0 aliphatic heterocycles. The molecule has 5 nitrogen and oxygen atoms in total. The molecule has 0 unspecified atom stereocenters. The zero-order valence-electron chi connectivity index (χ0n) is 14.6. The number of H-pyrrole nitrogens is 1. The molecule has 0 saturated heterocycles. The highest BCUT2D eigenvalue weighted by Gasteiger charge is 2.28. The Morgan fingerprint density at radius 3 is 2.81 bits per heavy atom. The molecule has 4 N–H and O–H groups in total. The Kier molecular flexibility index (Phi) is 4.26. The van der Waals surface area contributed by atoms with Crippen LogP contribution in [0.2, 0.25) is 0 Å². The monoisotopic (exact) mass is 350 g/mol. The molecule has 134 valence electrons. The average molecular weight is 350 g/mol. The van der Waals surface area contributed by atoms with Crippen LogP contribution < -0.4 is 10.9 Å². The lowest BCUT2D eigenvalue weighted by atomic mass is 9.99. The Morgan fingerprint density at radius 2 is 2.00 bits per heavy atom. The van der Waals surface area contributed by atoms with Crippen molar-refractivity contribution < 1.29 is 10.2 Å². The summed E-state index contributed by atoms with van der Waals surface area (Å²) in [6.07, 6.45) is 0.216. The highest BCUT2D eigenvalue weighted by atomic mass is 16.3. The molecule has 1 aromatic heterocycles. The molecule has 4 rings (SSSR count). The van der Waals surface area contributed by atoms with Crippen molar-refractivity contribution in [2.24, 2.45) is 0 Å². The van der Waals surface area contributed by atoms with Crippen LogP contribution in [0.3, 0.4) is 0 Å². The van der Waals surface area contributed by atoms with Gasteiger partial charge in [-0.05, 0) is 41.2 Å². The van der Waals surface area contributed by atoms with Crippen molar-refractivity contribution in [2.75, 3.05) is 6.54 Å². The quantitative estimate of drug-likeness (QED) is 0.583. The summed E-state index contributed by atoms with van der Waals surface area (Å²) in [7, 11) is 0. The van der Waals surface area contributed by atoms with E-state index < -0.39 is 6.10 Å². The first kappa shape index (κ1) is 16.8. The number of phenols is 1. The summed E-state index contributed by atoms with van der Waals surface area (Å²) >= 11 is 0. The zero-order valence-corrected chi connectivity index (χ0v) is 14.6. The number of nitrogens with one attached hydrogen (secondary N) is 2. The largest absolute Gasteiger partial charge is 0.506 e. The first-order chi connectivity index (χ1) is 12.5. The lowest BCUT2D eigenvalue weighted by Crippen LogP contribution is -2.35. The summed E-state index contributed by atoms with van der Waals surface area (Å²) in [5.74, 6) is 0.396. The van der Waals surface area contributed by atoms with E-state index in [1.165, 1.54) is 23.3 Å². The summed E-state index contributed by atoms with van der Waals surface area (Å²) < 4.78 is 0. The molecule has 2 aromatic carbocycles. The summed E-state index contributed by atoms with van der Waals surface area (Å²) in [5, 5.41) is 24.8. The van der Waals surface area contributed by atoms with Crippen LogP contribution in [0.25, 0.3) is 10.9 Å². The van der Waals surface area contributed by atoms with Gasteiger partial charge in [0.25, 0.3) is 0 Å². The lowest BCUT2D eigenvalue weighted by molar-refractivity contribution is 0.170. The second kappa shape index (κ2) is 6.59. The standard InChI is InChI=1S/C21H22N2O3/c1-12-14-5-3-2-4-13(14)10-17(12)22-11-19(25)15-6-8-18(24)21-16(15)7-9-20(26)23-21/h2-9,12,17,19,22,24-25H,10-11H2,1H3,(H,23,26)/t12-,17+,19-/m0/s1. The molecule has 0 radical (unpaired) electrons. The predicted octanol–water partition coefficient (Wildman–Crippen LogP) is 2.59. The molecule has 1 aliphatic carbocycles. The van der Waals surface area contributed by atoms with Gasteiger partial charge in [0.05, 0.1) is 11.6 Å². The van der Waals surface area contributed by atoms with Gasteiger partial charge in [0.1, 0.15) is 5.75 Å². The van der Waals surface area contributed by atoms with Crippen molar-refractivity contribution in [3.63, 3.8) is 0 Å². The van der Waals surface area contributed by atoms with Crippen molar-refractivity contribution in [3.05, 3.63) is 75.6 Å². The zero-order chi connectivity index (χ0) is 18.3. The maximum Gasteiger partial charge on any atom is 0.248 e. The number of hydrogen-bond acceptors (Lipinski definition) is 4. The van der Waals surface area contributed by atoms with Crippen LogP contribution in [-0.4, -0.2) is 27.8 Å². The van der Waals surface area contributed by atoms with Crippen molar-refractivity contribution in [1.29, 1.82) is 0 Å². The predicted molar refractivity (Wildman–Crippen MR) is 102 cm³/mol. The van der Waals surface area contributed by atoms with E-state index in [9.17, 15) is 15.0 Å². The molecule has 5 heteroatoms. The van der Waals surface area contributed by atoms with Crippen LogP contribution in [0, 0.1) is 0 Å². The van der Waals surface area contributed by atoms with Crippen molar-refractivity contribution >= 4 is 10.9 Å². The van der Waals surface area contributed by atoms with E-state index in [0.29, 0.717) is 28.9 Å². The highest BCUT2D eigenvalue weighted by molar-refractivity contribution is 5.87. The van der Waals surface area contributed by atoms with Gasteiger partial charge in [-0.3, -0.25) is 4.79 Å². The van der Waals surface area contributed by atoms with Gasteiger partial charge in [-0.25, -0.2) is 0 Å². The molecule has 0 spiro atoms. The first-order valence-electron chi connectivity index (χ1n) is 8.88. The Labute approximate surface area is 151 Å². The third-order valence-electron chi connectivity index (χ3n) is 5.43. The lowest BCUT2D eigenvalue weighted by Gasteiger charge is -2.21. The Balaban J connectivity index is 1.53. The van der Waals surface area contributed by atoms with Crippen LogP contribution in [0.1, 0.15) is 35.6 Å². The third-order valence-corrected chi connectivity index (χ3v) is 5.43. The van der Waals surface area contributed by atoms with Crippen LogP contribution in [0.4, 0.5) is 0 Å². The van der Waals surface area contributed by atoms with Crippen LogP contribution in [0.5, 0.6) is 5.75 Å². The molecule has 1 heterocycles. The Morgan fingerprint density at radius 1 is 1.19 bits per heavy atom. The van der Waals surface area contributed by atoms with E-state index in [4.69, 9.17) is 0 Å². The second-order valence-electron chi connectivity index (χ2n) is 7.01. The topological polar surface area (TPSA) is 85.3 Å². The summed E-state index contributed by atoms with van der Waals surface area (Å²) in [6.45, 7) is 2.61. The van der Waals surface area contributed by atoms with Gasteiger partial charge >= 0.3 is 0 Å². The minimum absolute atomic E-state index is 0.00136. The number of pyridine rings is 1. The molecule has 0 amide bonds. The average Bonchev–Trinajstić information content (AvgIpc) is 2.97. The highest BCUT2D eigenvalue weighted by Crippen LogP contribution is 2.33. The van der Waals surface area contributed by atoms with E-state index in [-0.39, 0.29) is 17.4 Å². The molecule has 0 saturated carbocycles. The molecule has 26 heavy (non-hydrogen) atoms. The van der Waals surface area contributed by atoms with Crippen molar-refractivity contribution in [2.45, 2.75) is 31.4 Å². The number of rotatable bonds is 4. The van der Waals surface area contributed by atoms with Gasteiger partial charge in [-0.15, -0.1) is 0 Å². The number of hydrogen-bond donors (Lipinski definition) is 4. The van der Waals surface area contributed by atoms with Gasteiger partial charge in [0.2, 0.25) is 5.56 Å². The SMILES string of the molecule is C[C@H]1c2ccccc2C[C@H]1NC[C@H](O)c1ccc(O)c2[nH]c(=O)ccc12. The molecular weight excluding hydrogens is 328 g/mol. The number of phenolic OH excluding ortho intramolecular Hbond substituents is 1. The normalized spacial score (nSPS) is 20.2. The fraction of sp³-hybridized carbons (Fsp3) is 0.286. The van der Waals surface area contributed by atoms with Crippen molar-refractivity contribution in [1.82, 2.24) is 10.3 Å².